The maximum atomic E-state index is 16.1. The van der Waals surface area contributed by atoms with Crippen molar-refractivity contribution in [3.63, 3.8) is 0 Å². The molecule has 43 heavy (non-hydrogen) atoms. The fraction of sp³-hybridized carbons (Fsp3) is 0.533. The summed E-state index contributed by atoms with van der Waals surface area (Å²) in [7, 11) is 0. The number of hydrogen-bond acceptors (Lipinski definition) is 6. The van der Waals surface area contributed by atoms with E-state index in [1.807, 2.05) is 0 Å². The third-order valence-electron chi connectivity index (χ3n) is 7.80. The lowest BCUT2D eigenvalue weighted by Gasteiger charge is -2.35. The van der Waals surface area contributed by atoms with Gasteiger partial charge in [-0.25, -0.2) is 19.2 Å². The zero-order valence-corrected chi connectivity index (χ0v) is 24.7. The van der Waals surface area contributed by atoms with Crippen LogP contribution < -0.4 is 5.32 Å². The number of ether oxygens (including phenoxy) is 1. The van der Waals surface area contributed by atoms with E-state index in [9.17, 15) is 27.9 Å². The van der Waals surface area contributed by atoms with Gasteiger partial charge in [0.05, 0.1) is 28.7 Å². The van der Waals surface area contributed by atoms with Crippen molar-refractivity contribution in [3.05, 3.63) is 59.1 Å². The van der Waals surface area contributed by atoms with Crippen LogP contribution in [0.2, 0.25) is 0 Å². The number of aromatic nitrogens is 3. The van der Waals surface area contributed by atoms with Crippen LogP contribution in [-0.2, 0) is 15.8 Å². The molecule has 1 saturated heterocycles. The predicted molar refractivity (Wildman–Crippen MR) is 149 cm³/mol. The normalized spacial score (nSPS) is 18.9. The van der Waals surface area contributed by atoms with Crippen molar-refractivity contribution in [2.45, 2.75) is 95.6 Å². The number of likely N-dealkylation sites (tertiary alicyclic amines) is 1. The first-order chi connectivity index (χ1) is 19.9. The van der Waals surface area contributed by atoms with E-state index in [4.69, 9.17) is 4.74 Å². The lowest BCUT2D eigenvalue weighted by Crippen LogP contribution is -2.42. The SMILES string of the molecule is CC(C)(C)OC(=O)N1CCCCC1c1cn2cc(NC(=O)c3cccc(C4(C(F)(F)F)CC4)n3)c(C(C)(C)O)c(F)c2n1. The number of aliphatic hydroxyl groups is 1. The fourth-order valence-electron chi connectivity index (χ4n) is 5.56. The molecular weight excluding hydrogens is 570 g/mol. The molecule has 0 bridgehead atoms. The number of nitrogens with zero attached hydrogens (tertiary/aromatic N) is 4. The second kappa shape index (κ2) is 10.5. The third-order valence-corrected chi connectivity index (χ3v) is 7.80. The van der Waals surface area contributed by atoms with E-state index < -0.39 is 46.7 Å². The van der Waals surface area contributed by atoms with Gasteiger partial charge in [0.1, 0.15) is 16.7 Å². The van der Waals surface area contributed by atoms with Gasteiger partial charge in [-0.1, -0.05) is 6.07 Å². The standard InChI is InChI=1S/C30H35F4N5O4/c1-27(2,3)43-26(41)39-14-7-6-10-20(39)18-15-38-16-19(22(28(4,5)42)23(31)24(38)36-18)37-25(40)17-9-8-11-21(35-17)29(12-13-29)30(32,33)34/h8-9,11,15-16,20,42H,6-7,10,12-14H2,1-5H3,(H,37,40). The topological polar surface area (TPSA) is 109 Å². The van der Waals surface area contributed by atoms with Crippen molar-refractivity contribution in [3.8, 4) is 0 Å². The third kappa shape index (κ3) is 5.91. The Bertz CT molecular complexity index is 1570. The Balaban J connectivity index is 1.50. The molecule has 13 heteroatoms. The maximum absolute atomic E-state index is 16.1. The van der Waals surface area contributed by atoms with E-state index in [1.54, 1.807) is 31.9 Å². The summed E-state index contributed by atoms with van der Waals surface area (Å²) in [4.78, 5) is 36.3. The number of nitrogens with one attached hydrogen (secondary N) is 1. The van der Waals surface area contributed by atoms with Gasteiger partial charge in [-0.05, 0) is 78.9 Å². The van der Waals surface area contributed by atoms with E-state index in [2.05, 4.69) is 15.3 Å². The molecule has 5 rings (SSSR count). The lowest BCUT2D eigenvalue weighted by molar-refractivity contribution is -0.161. The molecule has 4 heterocycles. The van der Waals surface area contributed by atoms with E-state index in [1.165, 1.54) is 42.6 Å². The van der Waals surface area contributed by atoms with Crippen LogP contribution in [0.5, 0.6) is 0 Å². The van der Waals surface area contributed by atoms with Gasteiger partial charge in [0.2, 0.25) is 0 Å². The number of pyridine rings is 2. The van der Waals surface area contributed by atoms with Crippen LogP contribution in [0, 0.1) is 5.82 Å². The molecule has 2 fully saturated rings. The van der Waals surface area contributed by atoms with Gasteiger partial charge in [0, 0.05) is 24.5 Å². The summed E-state index contributed by atoms with van der Waals surface area (Å²) in [5, 5.41) is 13.4. The van der Waals surface area contributed by atoms with Crippen LogP contribution >= 0.6 is 0 Å². The van der Waals surface area contributed by atoms with Gasteiger partial charge in [-0.3, -0.25) is 9.69 Å². The molecule has 9 nitrogen and oxygen atoms in total. The highest BCUT2D eigenvalue weighted by Gasteiger charge is 2.65. The molecule has 1 unspecified atom stereocenters. The van der Waals surface area contributed by atoms with Gasteiger partial charge in [-0.15, -0.1) is 0 Å². The molecule has 1 aliphatic carbocycles. The summed E-state index contributed by atoms with van der Waals surface area (Å²) < 4.78 is 64.0. The van der Waals surface area contributed by atoms with E-state index in [0.29, 0.717) is 18.7 Å². The molecule has 2 N–H and O–H groups in total. The Labute approximate surface area is 246 Å². The first-order valence-electron chi connectivity index (χ1n) is 14.2. The lowest BCUT2D eigenvalue weighted by atomic mass is 9.96. The fourth-order valence-corrected chi connectivity index (χ4v) is 5.56. The molecule has 2 amide bonds. The highest BCUT2D eigenvalue weighted by Crippen LogP contribution is 2.58. The quantitative estimate of drug-likeness (QED) is 0.326. The highest BCUT2D eigenvalue weighted by atomic mass is 19.4. The van der Waals surface area contributed by atoms with Gasteiger partial charge in [0.25, 0.3) is 5.91 Å². The summed E-state index contributed by atoms with van der Waals surface area (Å²) in [5.74, 6) is -1.76. The van der Waals surface area contributed by atoms with Gasteiger partial charge < -0.3 is 19.6 Å². The number of carbonyl (C=O) groups is 2. The number of rotatable bonds is 5. The average molecular weight is 606 g/mol. The van der Waals surface area contributed by atoms with E-state index in [-0.39, 0.29) is 41.1 Å². The number of halogens is 4. The molecule has 2 aliphatic rings. The molecule has 232 valence electrons. The van der Waals surface area contributed by atoms with Crippen molar-refractivity contribution in [1.82, 2.24) is 19.3 Å². The van der Waals surface area contributed by atoms with Crippen LogP contribution in [0.3, 0.4) is 0 Å². The van der Waals surface area contributed by atoms with Gasteiger partial charge in [0.15, 0.2) is 11.5 Å². The van der Waals surface area contributed by atoms with Crippen LogP contribution in [0.15, 0.2) is 30.6 Å². The molecule has 1 saturated carbocycles. The number of hydrogen-bond donors (Lipinski definition) is 2. The second-order valence-corrected chi connectivity index (χ2v) is 12.8. The van der Waals surface area contributed by atoms with Crippen LogP contribution in [0.1, 0.15) is 100 Å². The van der Waals surface area contributed by atoms with Crippen LogP contribution in [-0.4, -0.2) is 54.7 Å². The Hall–Kier alpha value is -3.74. The monoisotopic (exact) mass is 605 g/mol. The summed E-state index contributed by atoms with van der Waals surface area (Å²) in [6.45, 7) is 8.42. The predicted octanol–water partition coefficient (Wildman–Crippen LogP) is 6.40. The summed E-state index contributed by atoms with van der Waals surface area (Å²) in [6, 6.07) is 3.35. The number of anilines is 1. The summed E-state index contributed by atoms with van der Waals surface area (Å²) in [6.07, 6.45) is -0.149. The molecular formula is C30H35F4N5O4. The Morgan fingerprint density at radius 1 is 1.07 bits per heavy atom. The number of fused-ring (bicyclic) bond motifs is 1. The second-order valence-electron chi connectivity index (χ2n) is 12.8. The number of carbonyl (C=O) groups excluding carboxylic acids is 2. The van der Waals surface area contributed by atoms with Crippen molar-refractivity contribution in [2.75, 3.05) is 11.9 Å². The minimum atomic E-state index is -4.51. The molecule has 3 aromatic rings. The van der Waals surface area contributed by atoms with Crippen molar-refractivity contribution >= 4 is 23.3 Å². The Morgan fingerprint density at radius 2 is 1.77 bits per heavy atom. The smallest absolute Gasteiger partial charge is 0.410 e. The van der Waals surface area contributed by atoms with Crippen LogP contribution in [0.25, 0.3) is 5.65 Å². The first-order valence-corrected chi connectivity index (χ1v) is 14.2. The zero-order chi connectivity index (χ0) is 31.5. The van der Waals surface area contributed by atoms with E-state index >= 15 is 4.39 Å². The van der Waals surface area contributed by atoms with Crippen LogP contribution in [0.4, 0.5) is 28.0 Å². The number of piperidine rings is 1. The molecule has 1 aliphatic heterocycles. The minimum absolute atomic E-state index is 0.108. The van der Waals surface area contributed by atoms with Gasteiger partial charge in [-0.2, -0.15) is 13.2 Å². The molecule has 0 radical (unpaired) electrons. The molecule has 0 aromatic carbocycles. The highest BCUT2D eigenvalue weighted by molar-refractivity contribution is 6.03. The first kappa shape index (κ1) is 30.7. The number of imidazole rings is 1. The summed E-state index contributed by atoms with van der Waals surface area (Å²) in [5.41, 5.74) is -5.18. The average Bonchev–Trinajstić information content (AvgIpc) is 3.61. The van der Waals surface area contributed by atoms with Crippen molar-refractivity contribution in [2.24, 2.45) is 0 Å². The van der Waals surface area contributed by atoms with Crippen molar-refractivity contribution in [1.29, 1.82) is 0 Å². The summed E-state index contributed by atoms with van der Waals surface area (Å²) >= 11 is 0. The Kier molecular flexibility index (Phi) is 7.47. The van der Waals surface area contributed by atoms with Crippen molar-refractivity contribution < 1.29 is 37.0 Å². The largest absolute Gasteiger partial charge is 0.444 e. The number of amides is 2. The maximum Gasteiger partial charge on any atom is 0.410 e. The zero-order valence-electron chi connectivity index (χ0n) is 24.7. The molecule has 3 aromatic heterocycles. The Morgan fingerprint density at radius 3 is 2.37 bits per heavy atom. The van der Waals surface area contributed by atoms with Gasteiger partial charge >= 0.3 is 12.3 Å². The molecule has 0 spiro atoms. The minimum Gasteiger partial charge on any atom is -0.444 e. The number of alkyl halides is 3. The van der Waals surface area contributed by atoms with E-state index in [0.717, 1.165) is 12.8 Å². The molecule has 1 atom stereocenters.